The zero-order chi connectivity index (χ0) is 16.5. The molecule has 10 heteroatoms. The van der Waals surface area contributed by atoms with Crippen LogP contribution in [-0.4, -0.2) is 21.8 Å². The van der Waals surface area contributed by atoms with Crippen LogP contribution >= 0.6 is 0 Å². The highest BCUT2D eigenvalue weighted by Crippen LogP contribution is 2.29. The molecule has 0 bridgehead atoms. The van der Waals surface area contributed by atoms with Gasteiger partial charge >= 0.3 is 0 Å². The van der Waals surface area contributed by atoms with Crippen molar-refractivity contribution in [2.24, 2.45) is 5.14 Å². The summed E-state index contributed by atoms with van der Waals surface area (Å²) in [5.41, 5.74) is -0.889. The Labute approximate surface area is 126 Å². The van der Waals surface area contributed by atoms with E-state index in [1.165, 1.54) is 24.3 Å². The van der Waals surface area contributed by atoms with E-state index in [-0.39, 0.29) is 4.90 Å². The summed E-state index contributed by atoms with van der Waals surface area (Å²) in [4.78, 5) is 8.78. The lowest BCUT2D eigenvalue weighted by Crippen LogP contribution is -2.15. The first-order valence-corrected chi connectivity index (χ1v) is 8.78. The number of nitrogens with zero attached hydrogens (tertiary/aromatic N) is 1. The first kappa shape index (κ1) is 16.1. The molecule has 0 saturated carbocycles. The Hall–Kier alpha value is -2.30. The SMILES string of the molecule is NS(=O)(=O)c1ccc(S(=O)(=O)c2ccccc2)cc1[N+](=O)[O-]. The minimum absolute atomic E-state index is 0.0624. The summed E-state index contributed by atoms with van der Waals surface area (Å²) in [5, 5.41) is 15.9. The molecule has 0 heterocycles. The minimum atomic E-state index is -4.34. The number of sulfone groups is 1. The average molecular weight is 342 g/mol. The molecule has 0 saturated heterocycles. The van der Waals surface area contributed by atoms with Gasteiger partial charge in [0.05, 0.1) is 14.7 Å². The fraction of sp³-hybridized carbons (Fsp3) is 0. The predicted molar refractivity (Wildman–Crippen MR) is 76.4 cm³/mol. The normalized spacial score (nSPS) is 12.0. The van der Waals surface area contributed by atoms with Crippen LogP contribution in [0.4, 0.5) is 5.69 Å². The van der Waals surface area contributed by atoms with Gasteiger partial charge in [-0.1, -0.05) is 18.2 Å². The van der Waals surface area contributed by atoms with E-state index in [2.05, 4.69) is 0 Å². The van der Waals surface area contributed by atoms with Gasteiger partial charge in [-0.25, -0.2) is 22.0 Å². The third kappa shape index (κ3) is 2.98. The van der Waals surface area contributed by atoms with Crippen LogP contribution in [0, 0.1) is 10.1 Å². The topological polar surface area (TPSA) is 137 Å². The van der Waals surface area contributed by atoms with E-state index >= 15 is 0 Å². The van der Waals surface area contributed by atoms with E-state index in [9.17, 15) is 26.9 Å². The van der Waals surface area contributed by atoms with Gasteiger partial charge in [-0.15, -0.1) is 0 Å². The van der Waals surface area contributed by atoms with Crippen LogP contribution in [0.3, 0.4) is 0 Å². The molecule has 2 aromatic rings. The van der Waals surface area contributed by atoms with Gasteiger partial charge in [-0.3, -0.25) is 10.1 Å². The van der Waals surface area contributed by atoms with Crippen molar-refractivity contribution >= 4 is 25.5 Å². The summed E-state index contributed by atoms with van der Waals surface area (Å²) in [6.45, 7) is 0. The lowest BCUT2D eigenvalue weighted by atomic mass is 10.3. The molecule has 0 aliphatic carbocycles. The van der Waals surface area contributed by atoms with E-state index in [1.807, 2.05) is 0 Å². The Morgan fingerprint density at radius 3 is 2.00 bits per heavy atom. The molecule has 0 aliphatic rings. The van der Waals surface area contributed by atoms with Crippen LogP contribution in [0.2, 0.25) is 0 Å². The monoisotopic (exact) mass is 342 g/mol. The molecule has 2 rings (SSSR count). The van der Waals surface area contributed by atoms with Crippen LogP contribution < -0.4 is 5.14 Å². The van der Waals surface area contributed by atoms with Crippen molar-refractivity contribution in [3.63, 3.8) is 0 Å². The van der Waals surface area contributed by atoms with Gasteiger partial charge < -0.3 is 0 Å². The quantitative estimate of drug-likeness (QED) is 0.651. The standard InChI is InChI=1S/C12H10N2O6S2/c13-22(19,20)12-7-6-10(8-11(12)14(15)16)21(17,18)9-4-2-1-3-5-9/h1-8H,(H2,13,19,20). The summed E-state index contributed by atoms with van der Waals surface area (Å²) in [6.07, 6.45) is 0. The fourth-order valence-electron chi connectivity index (χ4n) is 1.78. The molecule has 0 spiro atoms. The van der Waals surface area contributed by atoms with Gasteiger partial charge in [0.15, 0.2) is 4.90 Å². The summed E-state index contributed by atoms with van der Waals surface area (Å²) < 4.78 is 47.4. The van der Waals surface area contributed by atoms with Crippen molar-refractivity contribution in [2.45, 2.75) is 14.7 Å². The zero-order valence-electron chi connectivity index (χ0n) is 10.9. The fourth-order valence-corrected chi connectivity index (χ4v) is 3.77. The summed E-state index contributed by atoms with van der Waals surface area (Å²) >= 11 is 0. The Morgan fingerprint density at radius 2 is 1.50 bits per heavy atom. The molecular formula is C12H10N2O6S2. The van der Waals surface area contributed by atoms with Gasteiger partial charge in [-0.05, 0) is 24.3 Å². The second-order valence-electron chi connectivity index (χ2n) is 4.25. The number of sulfonamides is 1. The van der Waals surface area contributed by atoms with Gasteiger partial charge in [0.25, 0.3) is 5.69 Å². The molecule has 0 amide bonds. The molecule has 0 atom stereocenters. The molecule has 116 valence electrons. The number of primary sulfonamides is 1. The molecule has 0 radical (unpaired) electrons. The largest absolute Gasteiger partial charge is 0.290 e. The lowest BCUT2D eigenvalue weighted by molar-refractivity contribution is -0.388. The number of hydrogen-bond donors (Lipinski definition) is 1. The summed E-state index contributed by atoms with van der Waals surface area (Å²) in [7, 11) is -8.34. The number of nitro benzene ring substituents is 1. The van der Waals surface area contributed by atoms with E-state index in [1.54, 1.807) is 6.07 Å². The highest BCUT2D eigenvalue weighted by atomic mass is 32.2. The Balaban J connectivity index is 2.70. The summed E-state index contributed by atoms with van der Waals surface area (Å²) in [6, 6.07) is 9.73. The van der Waals surface area contributed by atoms with Crippen molar-refractivity contribution < 1.29 is 21.8 Å². The van der Waals surface area contributed by atoms with Crippen molar-refractivity contribution in [3.05, 3.63) is 58.6 Å². The second-order valence-corrected chi connectivity index (χ2v) is 7.73. The number of rotatable bonds is 4. The van der Waals surface area contributed by atoms with Crippen LogP contribution in [0.15, 0.2) is 63.2 Å². The van der Waals surface area contributed by atoms with Crippen LogP contribution in [0.5, 0.6) is 0 Å². The van der Waals surface area contributed by atoms with E-state index in [4.69, 9.17) is 5.14 Å². The molecule has 0 fully saturated rings. The highest BCUT2D eigenvalue weighted by molar-refractivity contribution is 7.91. The average Bonchev–Trinajstić information content (AvgIpc) is 2.46. The minimum Gasteiger partial charge on any atom is -0.258 e. The van der Waals surface area contributed by atoms with E-state index in [0.29, 0.717) is 6.07 Å². The van der Waals surface area contributed by atoms with E-state index in [0.717, 1.165) is 12.1 Å². The van der Waals surface area contributed by atoms with E-state index < -0.39 is 40.3 Å². The molecule has 0 aliphatic heterocycles. The number of nitrogens with two attached hydrogens (primary N) is 1. The molecule has 0 aromatic heterocycles. The van der Waals surface area contributed by atoms with Crippen LogP contribution in [0.1, 0.15) is 0 Å². The maximum Gasteiger partial charge on any atom is 0.290 e. The third-order valence-electron chi connectivity index (χ3n) is 2.80. The molecule has 22 heavy (non-hydrogen) atoms. The van der Waals surface area contributed by atoms with Crippen LogP contribution in [-0.2, 0) is 19.9 Å². The van der Waals surface area contributed by atoms with Crippen molar-refractivity contribution in [2.75, 3.05) is 0 Å². The first-order chi connectivity index (χ1) is 10.1. The second kappa shape index (κ2) is 5.48. The molecular weight excluding hydrogens is 332 g/mol. The van der Waals surface area contributed by atoms with Crippen molar-refractivity contribution in [1.29, 1.82) is 0 Å². The number of nitro groups is 1. The highest BCUT2D eigenvalue weighted by Gasteiger charge is 2.27. The smallest absolute Gasteiger partial charge is 0.258 e. The lowest BCUT2D eigenvalue weighted by Gasteiger charge is -2.06. The predicted octanol–water partition coefficient (Wildman–Crippen LogP) is 1.08. The van der Waals surface area contributed by atoms with Gasteiger partial charge in [-0.2, -0.15) is 0 Å². The van der Waals surface area contributed by atoms with Gasteiger partial charge in [0.1, 0.15) is 0 Å². The maximum absolute atomic E-state index is 12.4. The van der Waals surface area contributed by atoms with Crippen LogP contribution in [0.25, 0.3) is 0 Å². The van der Waals surface area contributed by atoms with Gasteiger partial charge in [0.2, 0.25) is 19.9 Å². The van der Waals surface area contributed by atoms with Crippen molar-refractivity contribution in [1.82, 2.24) is 0 Å². The first-order valence-electron chi connectivity index (χ1n) is 5.75. The number of hydrogen-bond acceptors (Lipinski definition) is 6. The summed E-state index contributed by atoms with van der Waals surface area (Å²) in [5.74, 6) is 0. The Bertz CT molecular complexity index is 937. The van der Waals surface area contributed by atoms with Gasteiger partial charge in [0, 0.05) is 6.07 Å². The molecule has 8 nitrogen and oxygen atoms in total. The number of benzene rings is 2. The zero-order valence-corrected chi connectivity index (χ0v) is 12.5. The third-order valence-corrected chi connectivity index (χ3v) is 5.52. The maximum atomic E-state index is 12.4. The molecule has 2 N–H and O–H groups in total. The molecule has 2 aromatic carbocycles. The Kier molecular flexibility index (Phi) is 4.00. The Morgan fingerprint density at radius 1 is 0.909 bits per heavy atom. The van der Waals surface area contributed by atoms with Crippen molar-refractivity contribution in [3.8, 4) is 0 Å². The molecule has 0 unspecified atom stereocenters.